The summed E-state index contributed by atoms with van der Waals surface area (Å²) in [6, 6.07) is 17.6. The SMILES string of the molecule is Cc1cc(C)n2nc(SCc3ccccc3C(=O)N3CCN(c4ccc(Cl)cc4)CC3)nc2n1. The average Bonchev–Trinajstić information content (AvgIpc) is 3.26. The topological polar surface area (TPSA) is 66.6 Å². The van der Waals surface area contributed by atoms with Crippen molar-refractivity contribution in [3.63, 3.8) is 0 Å². The standard InChI is InChI=1S/C25H25ClN6OS/c1-17-15-18(2)32-24(27-17)28-25(29-32)34-16-19-5-3-4-6-22(19)23(33)31-13-11-30(12-14-31)21-9-7-20(26)8-10-21/h3-10,15H,11-14,16H2,1-2H3. The zero-order valence-corrected chi connectivity index (χ0v) is 20.7. The van der Waals surface area contributed by atoms with E-state index in [0.29, 0.717) is 29.8 Å². The predicted molar refractivity (Wildman–Crippen MR) is 136 cm³/mol. The molecule has 0 aliphatic carbocycles. The van der Waals surface area contributed by atoms with Crippen molar-refractivity contribution in [3.05, 3.63) is 82.1 Å². The Morgan fingerprint density at radius 1 is 1.00 bits per heavy atom. The van der Waals surface area contributed by atoms with Crippen molar-refractivity contribution in [3.8, 4) is 0 Å². The molecule has 0 saturated carbocycles. The van der Waals surface area contributed by atoms with Crippen LogP contribution in [0.3, 0.4) is 0 Å². The molecule has 1 aliphatic rings. The summed E-state index contributed by atoms with van der Waals surface area (Å²) in [6.45, 7) is 6.89. The van der Waals surface area contributed by atoms with Gasteiger partial charge >= 0.3 is 0 Å². The first-order valence-electron chi connectivity index (χ1n) is 11.2. The van der Waals surface area contributed by atoms with Crippen LogP contribution in [0.4, 0.5) is 5.69 Å². The highest BCUT2D eigenvalue weighted by molar-refractivity contribution is 7.98. The van der Waals surface area contributed by atoms with Gasteiger partial charge in [0.15, 0.2) is 0 Å². The quantitative estimate of drug-likeness (QED) is 0.378. The molecular formula is C25H25ClN6OS. The normalized spacial score (nSPS) is 14.1. The van der Waals surface area contributed by atoms with Gasteiger partial charge in [-0.2, -0.15) is 4.98 Å². The van der Waals surface area contributed by atoms with Gasteiger partial charge in [0, 0.05) is 59.6 Å². The molecule has 7 nitrogen and oxygen atoms in total. The highest BCUT2D eigenvalue weighted by Crippen LogP contribution is 2.25. The lowest BCUT2D eigenvalue weighted by Gasteiger charge is -2.36. The van der Waals surface area contributed by atoms with Gasteiger partial charge in [0.1, 0.15) is 0 Å². The zero-order valence-electron chi connectivity index (χ0n) is 19.1. The van der Waals surface area contributed by atoms with Crippen molar-refractivity contribution < 1.29 is 4.79 Å². The minimum Gasteiger partial charge on any atom is -0.368 e. The van der Waals surface area contributed by atoms with E-state index in [1.807, 2.05) is 73.3 Å². The third kappa shape index (κ3) is 4.74. The van der Waals surface area contributed by atoms with Gasteiger partial charge in [-0.25, -0.2) is 9.50 Å². The molecule has 1 amide bonds. The van der Waals surface area contributed by atoms with Crippen LogP contribution in [-0.2, 0) is 5.75 Å². The molecule has 4 aromatic rings. The first kappa shape index (κ1) is 22.7. The number of aryl methyl sites for hydroxylation is 2. The molecular weight excluding hydrogens is 468 g/mol. The fraction of sp³-hybridized carbons (Fsp3) is 0.280. The molecule has 174 valence electrons. The molecule has 9 heteroatoms. The van der Waals surface area contributed by atoms with Gasteiger partial charge in [-0.3, -0.25) is 4.79 Å². The molecule has 3 heterocycles. The lowest BCUT2D eigenvalue weighted by Crippen LogP contribution is -2.49. The predicted octanol–water partition coefficient (Wildman–Crippen LogP) is 4.65. The molecule has 1 aliphatic heterocycles. The van der Waals surface area contributed by atoms with Gasteiger partial charge < -0.3 is 9.80 Å². The van der Waals surface area contributed by atoms with Gasteiger partial charge in [0.2, 0.25) is 5.16 Å². The van der Waals surface area contributed by atoms with Crippen LogP contribution in [-0.4, -0.2) is 56.6 Å². The monoisotopic (exact) mass is 492 g/mol. The molecule has 0 bridgehead atoms. The number of carbonyl (C=O) groups excluding carboxylic acids is 1. The third-order valence-corrected chi connectivity index (χ3v) is 7.10. The van der Waals surface area contributed by atoms with Crippen LogP contribution in [0, 0.1) is 13.8 Å². The number of amides is 1. The summed E-state index contributed by atoms with van der Waals surface area (Å²) >= 11 is 7.53. The molecule has 2 aromatic carbocycles. The van der Waals surface area contributed by atoms with E-state index in [2.05, 4.69) is 20.0 Å². The Kier molecular flexibility index (Phi) is 6.43. The number of carbonyl (C=O) groups is 1. The minimum absolute atomic E-state index is 0.0723. The molecule has 2 aromatic heterocycles. The molecule has 0 unspecified atom stereocenters. The number of nitrogens with zero attached hydrogens (tertiary/aromatic N) is 6. The zero-order chi connectivity index (χ0) is 23.7. The second-order valence-corrected chi connectivity index (χ2v) is 9.73. The van der Waals surface area contributed by atoms with Gasteiger partial charge in [-0.15, -0.1) is 5.10 Å². The van der Waals surface area contributed by atoms with Crippen LogP contribution in [0.1, 0.15) is 27.3 Å². The van der Waals surface area contributed by atoms with E-state index in [0.717, 1.165) is 46.3 Å². The smallest absolute Gasteiger partial charge is 0.254 e. The number of thioether (sulfide) groups is 1. The second kappa shape index (κ2) is 9.64. The van der Waals surface area contributed by atoms with Crippen LogP contribution in [0.5, 0.6) is 0 Å². The fourth-order valence-electron chi connectivity index (χ4n) is 4.20. The van der Waals surface area contributed by atoms with E-state index in [9.17, 15) is 4.79 Å². The fourth-order valence-corrected chi connectivity index (χ4v) is 5.14. The van der Waals surface area contributed by atoms with E-state index < -0.39 is 0 Å². The van der Waals surface area contributed by atoms with Crippen LogP contribution < -0.4 is 4.90 Å². The van der Waals surface area contributed by atoms with Gasteiger partial charge in [-0.1, -0.05) is 41.6 Å². The molecule has 1 saturated heterocycles. The first-order chi connectivity index (χ1) is 16.5. The van der Waals surface area contributed by atoms with Crippen molar-refractivity contribution in [1.82, 2.24) is 24.5 Å². The Morgan fingerprint density at radius 3 is 2.50 bits per heavy atom. The second-order valence-electron chi connectivity index (χ2n) is 8.35. The van der Waals surface area contributed by atoms with Crippen molar-refractivity contribution >= 4 is 40.7 Å². The highest BCUT2D eigenvalue weighted by atomic mass is 35.5. The number of fused-ring (bicyclic) bond motifs is 1. The number of benzene rings is 2. The number of aromatic nitrogens is 4. The molecule has 0 spiro atoms. The Hall–Kier alpha value is -3.10. The van der Waals surface area contributed by atoms with Crippen molar-refractivity contribution in [2.45, 2.75) is 24.8 Å². The Balaban J connectivity index is 1.26. The number of hydrogen-bond acceptors (Lipinski definition) is 6. The Bertz CT molecular complexity index is 1330. The van der Waals surface area contributed by atoms with E-state index in [1.54, 1.807) is 4.52 Å². The van der Waals surface area contributed by atoms with Gasteiger partial charge in [0.05, 0.1) is 0 Å². The lowest BCUT2D eigenvalue weighted by molar-refractivity contribution is 0.0746. The number of piperazine rings is 1. The van der Waals surface area contributed by atoms with Crippen molar-refractivity contribution in [2.24, 2.45) is 0 Å². The summed E-state index contributed by atoms with van der Waals surface area (Å²) in [5, 5.41) is 5.95. The number of hydrogen-bond donors (Lipinski definition) is 0. The summed E-state index contributed by atoms with van der Waals surface area (Å²) in [4.78, 5) is 26.6. The molecule has 5 rings (SSSR count). The van der Waals surface area contributed by atoms with Crippen molar-refractivity contribution in [1.29, 1.82) is 0 Å². The van der Waals surface area contributed by atoms with E-state index in [-0.39, 0.29) is 5.91 Å². The summed E-state index contributed by atoms with van der Waals surface area (Å²) in [7, 11) is 0. The van der Waals surface area contributed by atoms with Gasteiger partial charge in [-0.05, 0) is 55.8 Å². The molecule has 1 fully saturated rings. The van der Waals surface area contributed by atoms with E-state index in [1.165, 1.54) is 11.8 Å². The number of halogens is 1. The van der Waals surface area contributed by atoms with Crippen LogP contribution >= 0.6 is 23.4 Å². The summed E-state index contributed by atoms with van der Waals surface area (Å²) in [5.74, 6) is 1.28. The van der Waals surface area contributed by atoms with Crippen LogP contribution in [0.25, 0.3) is 5.78 Å². The average molecular weight is 493 g/mol. The van der Waals surface area contributed by atoms with Crippen molar-refractivity contribution in [2.75, 3.05) is 31.1 Å². The van der Waals surface area contributed by atoms with Crippen LogP contribution in [0.15, 0.2) is 59.8 Å². The minimum atomic E-state index is 0.0723. The highest BCUT2D eigenvalue weighted by Gasteiger charge is 2.24. The molecule has 0 radical (unpaired) electrons. The number of rotatable bonds is 5. The van der Waals surface area contributed by atoms with E-state index >= 15 is 0 Å². The Labute approximate surface area is 207 Å². The summed E-state index contributed by atoms with van der Waals surface area (Å²) < 4.78 is 1.76. The van der Waals surface area contributed by atoms with Gasteiger partial charge in [0.25, 0.3) is 11.7 Å². The maximum Gasteiger partial charge on any atom is 0.254 e. The maximum atomic E-state index is 13.4. The van der Waals surface area contributed by atoms with E-state index in [4.69, 9.17) is 11.6 Å². The first-order valence-corrected chi connectivity index (χ1v) is 12.6. The summed E-state index contributed by atoms with van der Waals surface area (Å²) in [5.41, 5.74) is 4.77. The molecule has 0 atom stereocenters. The number of anilines is 1. The third-order valence-electron chi connectivity index (χ3n) is 5.96. The Morgan fingerprint density at radius 2 is 1.74 bits per heavy atom. The summed E-state index contributed by atoms with van der Waals surface area (Å²) in [6.07, 6.45) is 0. The van der Waals surface area contributed by atoms with Crippen LogP contribution in [0.2, 0.25) is 5.02 Å². The maximum absolute atomic E-state index is 13.4. The molecule has 34 heavy (non-hydrogen) atoms. The molecule has 0 N–H and O–H groups in total. The largest absolute Gasteiger partial charge is 0.368 e. The lowest BCUT2D eigenvalue weighted by atomic mass is 10.1.